The second-order valence-electron chi connectivity index (χ2n) is 16.0. The molecule has 0 saturated heterocycles. The minimum atomic E-state index is 0.569. The standard InChI is InChI=1S/C51H33N5.C9H10/c1-4-14-34(15-5-1)36-24-28-38(29-25-36)49-52-50(39-30-26-37(27-31-39)35-16-6-2-7-17-35)54-51(53-49)56-44-22-12-10-20-41(44)42-32-33-46-47(48(42)56)43-21-11-13-23-45(43)55(46)40-18-8-3-9-19-40;1-2-6-9-7-4-3-5-8-9/h1-33H;2-8H,1H3/b;6-2+. The molecule has 5 nitrogen and oxygen atoms in total. The van der Waals surface area contributed by atoms with Crippen LogP contribution in [-0.2, 0) is 0 Å². The van der Waals surface area contributed by atoms with Crippen LogP contribution >= 0.6 is 0 Å². The fourth-order valence-electron chi connectivity index (χ4n) is 8.94. The van der Waals surface area contributed by atoms with Gasteiger partial charge in [0.2, 0.25) is 5.95 Å². The lowest BCUT2D eigenvalue weighted by atomic mass is 10.0. The summed E-state index contributed by atoms with van der Waals surface area (Å²) in [5.41, 5.74) is 13.2. The van der Waals surface area contributed by atoms with Crippen molar-refractivity contribution in [3.05, 3.63) is 242 Å². The first-order valence-electron chi connectivity index (χ1n) is 22.0. The number of nitrogens with zero attached hydrogens (tertiary/aromatic N) is 5. The van der Waals surface area contributed by atoms with Crippen molar-refractivity contribution < 1.29 is 0 Å². The lowest BCUT2D eigenvalue weighted by Crippen LogP contribution is -2.06. The molecule has 0 unspecified atom stereocenters. The number of fused-ring (bicyclic) bond motifs is 7. The van der Waals surface area contributed by atoms with Gasteiger partial charge in [-0.25, -0.2) is 4.98 Å². The van der Waals surface area contributed by atoms with Crippen molar-refractivity contribution >= 4 is 49.7 Å². The number of para-hydroxylation sites is 3. The zero-order chi connectivity index (χ0) is 43.5. The second-order valence-corrected chi connectivity index (χ2v) is 16.0. The largest absolute Gasteiger partial charge is 0.309 e. The van der Waals surface area contributed by atoms with Crippen LogP contribution in [0, 0.1) is 0 Å². The highest BCUT2D eigenvalue weighted by Crippen LogP contribution is 2.42. The average Bonchev–Trinajstić information content (AvgIpc) is 3.91. The van der Waals surface area contributed by atoms with E-state index in [1.165, 1.54) is 22.1 Å². The summed E-state index contributed by atoms with van der Waals surface area (Å²) in [6, 6.07) is 80.5. The summed E-state index contributed by atoms with van der Waals surface area (Å²) in [7, 11) is 0. The molecule has 0 bridgehead atoms. The topological polar surface area (TPSA) is 48.5 Å². The molecule has 0 atom stereocenters. The predicted octanol–water partition coefficient (Wildman–Crippen LogP) is 15.5. The van der Waals surface area contributed by atoms with Gasteiger partial charge in [0.05, 0.1) is 22.1 Å². The van der Waals surface area contributed by atoms with Crippen molar-refractivity contribution in [2.24, 2.45) is 0 Å². The monoisotopic (exact) mass is 833 g/mol. The number of hydrogen-bond donors (Lipinski definition) is 0. The molecule has 0 radical (unpaired) electrons. The molecule has 308 valence electrons. The molecular weight excluding hydrogens is 791 g/mol. The van der Waals surface area contributed by atoms with Gasteiger partial charge in [-0.05, 0) is 65.1 Å². The highest BCUT2D eigenvalue weighted by molar-refractivity contribution is 6.26. The molecule has 12 aromatic rings. The second kappa shape index (κ2) is 17.2. The highest BCUT2D eigenvalue weighted by atomic mass is 15.2. The Hall–Kier alpha value is -8.67. The molecule has 0 saturated carbocycles. The molecule has 65 heavy (non-hydrogen) atoms. The molecule has 0 amide bonds. The van der Waals surface area contributed by atoms with Gasteiger partial charge in [0.15, 0.2) is 11.6 Å². The Balaban J connectivity index is 0.000000468. The molecule has 0 N–H and O–H groups in total. The Bertz CT molecular complexity index is 3510. The number of benzene rings is 9. The minimum Gasteiger partial charge on any atom is -0.309 e. The maximum Gasteiger partial charge on any atom is 0.238 e. The Morgan fingerprint density at radius 2 is 0.785 bits per heavy atom. The van der Waals surface area contributed by atoms with Gasteiger partial charge in [-0.3, -0.25) is 4.57 Å². The molecule has 12 rings (SSSR count). The van der Waals surface area contributed by atoms with E-state index in [4.69, 9.17) is 15.0 Å². The molecule has 0 fully saturated rings. The van der Waals surface area contributed by atoms with E-state index in [1.54, 1.807) is 0 Å². The van der Waals surface area contributed by atoms with Crippen molar-refractivity contribution in [3.8, 4) is 56.7 Å². The van der Waals surface area contributed by atoms with Crippen molar-refractivity contribution in [1.82, 2.24) is 24.1 Å². The predicted molar refractivity (Wildman–Crippen MR) is 271 cm³/mol. The summed E-state index contributed by atoms with van der Waals surface area (Å²) in [5, 5.41) is 4.61. The van der Waals surface area contributed by atoms with E-state index in [-0.39, 0.29) is 0 Å². The third kappa shape index (κ3) is 7.45. The van der Waals surface area contributed by atoms with E-state index >= 15 is 0 Å². The lowest BCUT2D eigenvalue weighted by molar-refractivity contribution is 0.955. The van der Waals surface area contributed by atoms with Gasteiger partial charge in [0.1, 0.15) is 0 Å². The van der Waals surface area contributed by atoms with Gasteiger partial charge in [-0.1, -0.05) is 212 Å². The van der Waals surface area contributed by atoms with Crippen LogP contribution in [0.2, 0.25) is 0 Å². The summed E-state index contributed by atoms with van der Waals surface area (Å²) in [6.45, 7) is 2.02. The highest BCUT2D eigenvalue weighted by Gasteiger charge is 2.23. The molecule has 0 aliphatic rings. The van der Waals surface area contributed by atoms with Crippen molar-refractivity contribution in [2.45, 2.75) is 6.92 Å². The number of aromatic nitrogens is 5. The molecule has 5 heteroatoms. The Morgan fingerprint density at radius 3 is 1.34 bits per heavy atom. The summed E-state index contributed by atoms with van der Waals surface area (Å²) >= 11 is 0. The van der Waals surface area contributed by atoms with Gasteiger partial charge < -0.3 is 4.57 Å². The quantitative estimate of drug-likeness (QED) is 0.161. The fraction of sp³-hybridized carbons (Fsp3) is 0.0167. The fourth-order valence-corrected chi connectivity index (χ4v) is 8.94. The third-order valence-electron chi connectivity index (χ3n) is 12.0. The minimum absolute atomic E-state index is 0.569. The molecule has 0 aliphatic heterocycles. The summed E-state index contributed by atoms with van der Waals surface area (Å²) < 4.78 is 4.61. The molecule has 9 aromatic carbocycles. The van der Waals surface area contributed by atoms with E-state index < -0.39 is 0 Å². The van der Waals surface area contributed by atoms with E-state index in [1.807, 2.05) is 43.3 Å². The lowest BCUT2D eigenvalue weighted by Gasteiger charge is -2.12. The van der Waals surface area contributed by atoms with Gasteiger partial charge >= 0.3 is 0 Å². The van der Waals surface area contributed by atoms with E-state index in [0.29, 0.717) is 17.6 Å². The average molecular weight is 834 g/mol. The van der Waals surface area contributed by atoms with Crippen LogP contribution in [0.25, 0.3) is 106 Å². The van der Waals surface area contributed by atoms with E-state index in [2.05, 4.69) is 215 Å². The summed E-state index contributed by atoms with van der Waals surface area (Å²) in [6.07, 6.45) is 4.12. The smallest absolute Gasteiger partial charge is 0.238 e. The van der Waals surface area contributed by atoms with Crippen LogP contribution in [0.15, 0.2) is 237 Å². The van der Waals surface area contributed by atoms with Crippen LogP contribution < -0.4 is 0 Å². The van der Waals surface area contributed by atoms with E-state index in [9.17, 15) is 0 Å². The Kier molecular flexibility index (Phi) is 10.4. The summed E-state index contributed by atoms with van der Waals surface area (Å²) in [4.78, 5) is 15.8. The van der Waals surface area contributed by atoms with Crippen molar-refractivity contribution in [3.63, 3.8) is 0 Å². The molecule has 3 aromatic heterocycles. The van der Waals surface area contributed by atoms with Crippen LogP contribution in [0.3, 0.4) is 0 Å². The van der Waals surface area contributed by atoms with Gasteiger partial charge in [-0.2, -0.15) is 9.97 Å². The number of hydrogen-bond acceptors (Lipinski definition) is 3. The Labute approximate surface area is 377 Å². The normalized spacial score (nSPS) is 11.4. The zero-order valence-electron chi connectivity index (χ0n) is 35.8. The van der Waals surface area contributed by atoms with Crippen LogP contribution in [-0.4, -0.2) is 24.1 Å². The first-order valence-corrected chi connectivity index (χ1v) is 22.0. The third-order valence-corrected chi connectivity index (χ3v) is 12.0. The van der Waals surface area contributed by atoms with Crippen LogP contribution in [0.5, 0.6) is 0 Å². The molecule has 0 spiro atoms. The molecular formula is C60H43N5. The molecule has 0 aliphatic carbocycles. The van der Waals surface area contributed by atoms with Gasteiger partial charge in [0, 0.05) is 38.4 Å². The maximum absolute atomic E-state index is 5.33. The van der Waals surface area contributed by atoms with Gasteiger partial charge in [-0.15, -0.1) is 0 Å². The van der Waals surface area contributed by atoms with Gasteiger partial charge in [0.25, 0.3) is 0 Å². The number of allylic oxidation sites excluding steroid dienone is 1. The van der Waals surface area contributed by atoms with Crippen LogP contribution in [0.4, 0.5) is 0 Å². The Morgan fingerprint density at radius 1 is 0.338 bits per heavy atom. The zero-order valence-corrected chi connectivity index (χ0v) is 35.8. The number of rotatable bonds is 7. The van der Waals surface area contributed by atoms with Crippen LogP contribution in [0.1, 0.15) is 12.5 Å². The van der Waals surface area contributed by atoms with Crippen molar-refractivity contribution in [2.75, 3.05) is 0 Å². The van der Waals surface area contributed by atoms with E-state index in [0.717, 1.165) is 66.2 Å². The van der Waals surface area contributed by atoms with Crippen molar-refractivity contribution in [1.29, 1.82) is 0 Å². The molecule has 3 heterocycles. The maximum atomic E-state index is 5.33. The first-order chi connectivity index (χ1) is 32.2. The first kappa shape index (κ1) is 39.2. The summed E-state index contributed by atoms with van der Waals surface area (Å²) in [5.74, 6) is 1.79. The SMILES string of the molecule is C/C=C/c1ccccc1.c1ccc(-c2ccc(-c3nc(-c4ccc(-c5ccccc5)cc4)nc(-n4c5ccccc5c5ccc6c(c7ccccc7n6-c6ccccc6)c54)n3)cc2)cc1.